The third-order valence-corrected chi connectivity index (χ3v) is 2.45. The van der Waals surface area contributed by atoms with E-state index >= 15 is 0 Å². The second-order valence-electron chi connectivity index (χ2n) is 3.27. The Balaban J connectivity index is 2.47. The molecule has 0 saturated heterocycles. The molecule has 1 aliphatic rings. The fourth-order valence-corrected chi connectivity index (χ4v) is 1.77. The van der Waals surface area contributed by atoms with Gasteiger partial charge in [0, 0.05) is 13.5 Å². The molecule has 1 atom stereocenters. The Labute approximate surface area is 80.1 Å². The first kappa shape index (κ1) is 8.98. The van der Waals surface area contributed by atoms with Crippen LogP contribution < -0.4 is 5.69 Å². The highest BCUT2D eigenvalue weighted by molar-refractivity contribution is 5.74. The van der Waals surface area contributed by atoms with Crippen molar-refractivity contribution >= 4 is 5.97 Å². The fraction of sp³-hybridized carbons (Fsp3) is 0.625. The van der Waals surface area contributed by atoms with Gasteiger partial charge >= 0.3 is 11.7 Å². The number of rotatable bonds is 1. The van der Waals surface area contributed by atoms with Crippen molar-refractivity contribution in [1.29, 1.82) is 0 Å². The zero-order chi connectivity index (χ0) is 10.3. The SMILES string of the molecule is COC(=O)C1CCc2nn(C)c(=O)n21. The number of methoxy groups -OCH3 is 1. The van der Waals surface area contributed by atoms with E-state index in [1.165, 1.54) is 16.4 Å². The lowest BCUT2D eigenvalue weighted by Crippen LogP contribution is -2.29. The van der Waals surface area contributed by atoms with E-state index in [0.29, 0.717) is 18.7 Å². The Kier molecular flexibility index (Phi) is 1.90. The van der Waals surface area contributed by atoms with E-state index < -0.39 is 6.04 Å². The van der Waals surface area contributed by atoms with Crippen LogP contribution in [0.15, 0.2) is 4.79 Å². The molecule has 2 rings (SSSR count). The lowest BCUT2D eigenvalue weighted by atomic mass is 10.2. The first-order chi connectivity index (χ1) is 6.65. The van der Waals surface area contributed by atoms with E-state index in [9.17, 15) is 9.59 Å². The third-order valence-electron chi connectivity index (χ3n) is 2.45. The molecule has 0 aliphatic carbocycles. The van der Waals surface area contributed by atoms with Crippen molar-refractivity contribution in [2.75, 3.05) is 7.11 Å². The van der Waals surface area contributed by atoms with Gasteiger partial charge in [-0.1, -0.05) is 0 Å². The molecular formula is C8H11N3O3. The van der Waals surface area contributed by atoms with E-state index in [2.05, 4.69) is 9.84 Å². The minimum absolute atomic E-state index is 0.257. The molecule has 1 aromatic heterocycles. The van der Waals surface area contributed by atoms with E-state index in [1.807, 2.05) is 0 Å². The maximum atomic E-state index is 11.5. The number of aromatic nitrogens is 3. The summed E-state index contributed by atoms with van der Waals surface area (Å²) in [7, 11) is 2.89. The highest BCUT2D eigenvalue weighted by Gasteiger charge is 2.32. The smallest absolute Gasteiger partial charge is 0.346 e. The highest BCUT2D eigenvalue weighted by Crippen LogP contribution is 2.22. The van der Waals surface area contributed by atoms with Crippen LogP contribution in [-0.2, 0) is 23.0 Å². The number of hydrogen-bond donors (Lipinski definition) is 0. The lowest BCUT2D eigenvalue weighted by Gasteiger charge is -2.07. The molecule has 0 bridgehead atoms. The summed E-state index contributed by atoms with van der Waals surface area (Å²) in [5, 5.41) is 4.02. The Morgan fingerprint density at radius 2 is 2.36 bits per heavy atom. The number of ether oxygens (including phenoxy) is 1. The Bertz CT molecular complexity index is 432. The molecule has 14 heavy (non-hydrogen) atoms. The Morgan fingerprint density at radius 1 is 1.64 bits per heavy atom. The minimum atomic E-state index is -0.490. The number of carbonyl (C=O) groups excluding carboxylic acids is 1. The van der Waals surface area contributed by atoms with Gasteiger partial charge in [-0.3, -0.25) is 4.57 Å². The van der Waals surface area contributed by atoms with Crippen LogP contribution in [0.4, 0.5) is 0 Å². The predicted molar refractivity (Wildman–Crippen MR) is 46.8 cm³/mol. The van der Waals surface area contributed by atoms with E-state index in [1.54, 1.807) is 7.05 Å². The van der Waals surface area contributed by atoms with Crippen molar-refractivity contribution in [1.82, 2.24) is 14.3 Å². The molecule has 2 heterocycles. The topological polar surface area (TPSA) is 66.1 Å². The molecule has 76 valence electrons. The number of carbonyl (C=O) groups is 1. The third kappa shape index (κ3) is 1.07. The molecular weight excluding hydrogens is 186 g/mol. The monoisotopic (exact) mass is 197 g/mol. The van der Waals surface area contributed by atoms with Crippen LogP contribution in [0.1, 0.15) is 18.3 Å². The summed E-state index contributed by atoms with van der Waals surface area (Å²) in [5.74, 6) is 0.284. The van der Waals surface area contributed by atoms with Gasteiger partial charge in [-0.2, -0.15) is 5.10 Å². The molecule has 0 amide bonds. The first-order valence-corrected chi connectivity index (χ1v) is 4.37. The quantitative estimate of drug-likeness (QED) is 0.555. The number of esters is 1. The number of aryl methyl sites for hydroxylation is 2. The normalized spacial score (nSPS) is 19.4. The molecule has 0 fully saturated rings. The van der Waals surface area contributed by atoms with Crippen molar-refractivity contribution in [3.63, 3.8) is 0 Å². The predicted octanol–water partition coefficient (Wildman–Crippen LogP) is -0.758. The van der Waals surface area contributed by atoms with Crippen LogP contribution in [0.2, 0.25) is 0 Å². The zero-order valence-electron chi connectivity index (χ0n) is 8.06. The summed E-state index contributed by atoms with van der Waals surface area (Å²) in [4.78, 5) is 22.9. The largest absolute Gasteiger partial charge is 0.467 e. The summed E-state index contributed by atoms with van der Waals surface area (Å²) < 4.78 is 7.27. The molecule has 1 aliphatic heterocycles. The lowest BCUT2D eigenvalue weighted by molar-refractivity contribution is -0.144. The second kappa shape index (κ2) is 2.97. The fourth-order valence-electron chi connectivity index (χ4n) is 1.77. The van der Waals surface area contributed by atoms with E-state index in [4.69, 9.17) is 0 Å². The van der Waals surface area contributed by atoms with Crippen molar-refractivity contribution < 1.29 is 9.53 Å². The van der Waals surface area contributed by atoms with Crippen molar-refractivity contribution in [2.24, 2.45) is 7.05 Å². The standard InChI is InChI=1S/C8H11N3O3/c1-10-8(13)11-5(7(12)14-2)3-4-6(11)9-10/h5H,3-4H2,1-2H3. The van der Waals surface area contributed by atoms with Gasteiger partial charge in [0.25, 0.3) is 0 Å². The molecule has 0 saturated carbocycles. The van der Waals surface area contributed by atoms with E-state index in [-0.39, 0.29) is 11.7 Å². The summed E-state index contributed by atoms with van der Waals surface area (Å²) in [6, 6.07) is -0.490. The Hall–Kier alpha value is -1.59. The van der Waals surface area contributed by atoms with Crippen molar-refractivity contribution in [2.45, 2.75) is 18.9 Å². The van der Waals surface area contributed by atoms with Crippen molar-refractivity contribution in [3.8, 4) is 0 Å². The summed E-state index contributed by atoms with van der Waals surface area (Å²) in [6.45, 7) is 0. The van der Waals surface area contributed by atoms with Crippen LogP contribution in [0.5, 0.6) is 0 Å². The average Bonchev–Trinajstić information content (AvgIpc) is 2.68. The average molecular weight is 197 g/mol. The Morgan fingerprint density at radius 3 is 3.00 bits per heavy atom. The number of nitrogens with zero attached hydrogens (tertiary/aromatic N) is 3. The maximum absolute atomic E-state index is 11.5. The van der Waals surface area contributed by atoms with E-state index in [0.717, 1.165) is 0 Å². The van der Waals surface area contributed by atoms with Gasteiger partial charge < -0.3 is 4.74 Å². The molecule has 1 aromatic rings. The first-order valence-electron chi connectivity index (χ1n) is 4.37. The van der Waals surface area contributed by atoms with Gasteiger partial charge in [0.05, 0.1) is 7.11 Å². The summed E-state index contributed by atoms with van der Waals surface area (Å²) >= 11 is 0. The maximum Gasteiger partial charge on any atom is 0.346 e. The molecule has 0 radical (unpaired) electrons. The van der Waals surface area contributed by atoms with Crippen LogP contribution in [-0.4, -0.2) is 27.4 Å². The van der Waals surface area contributed by atoms with Gasteiger partial charge in [-0.25, -0.2) is 14.3 Å². The zero-order valence-corrected chi connectivity index (χ0v) is 8.06. The van der Waals surface area contributed by atoms with Crippen molar-refractivity contribution in [3.05, 3.63) is 16.3 Å². The van der Waals surface area contributed by atoms with Gasteiger partial charge in [0.2, 0.25) is 0 Å². The molecule has 0 N–H and O–H groups in total. The van der Waals surface area contributed by atoms with Gasteiger partial charge in [0.1, 0.15) is 11.9 Å². The molecule has 0 aromatic carbocycles. The molecule has 1 unspecified atom stereocenters. The van der Waals surface area contributed by atoms with Crippen LogP contribution in [0.25, 0.3) is 0 Å². The number of fused-ring (bicyclic) bond motifs is 1. The molecule has 6 nitrogen and oxygen atoms in total. The van der Waals surface area contributed by atoms with Crippen LogP contribution in [0.3, 0.4) is 0 Å². The second-order valence-corrected chi connectivity index (χ2v) is 3.27. The highest BCUT2D eigenvalue weighted by atomic mass is 16.5. The summed E-state index contributed by atoms with van der Waals surface area (Å²) in [6.07, 6.45) is 1.25. The summed E-state index contributed by atoms with van der Waals surface area (Å²) in [5.41, 5.74) is -0.257. The van der Waals surface area contributed by atoms with Gasteiger partial charge in [-0.05, 0) is 6.42 Å². The minimum Gasteiger partial charge on any atom is -0.467 e. The van der Waals surface area contributed by atoms with Crippen LogP contribution >= 0.6 is 0 Å². The molecule has 6 heteroatoms. The number of hydrogen-bond acceptors (Lipinski definition) is 4. The molecule has 0 spiro atoms. The van der Waals surface area contributed by atoms with Gasteiger partial charge in [-0.15, -0.1) is 0 Å². The van der Waals surface area contributed by atoms with Gasteiger partial charge in [0.15, 0.2) is 0 Å². The van der Waals surface area contributed by atoms with Crippen LogP contribution in [0, 0.1) is 0 Å².